The fourth-order valence-electron chi connectivity index (χ4n) is 2.55. The molecule has 0 aromatic carbocycles. The van der Waals surface area contributed by atoms with Crippen molar-refractivity contribution in [2.75, 3.05) is 6.54 Å². The first kappa shape index (κ1) is 14.1. The molecule has 0 aliphatic heterocycles. The van der Waals surface area contributed by atoms with E-state index in [0.717, 1.165) is 38.5 Å². The van der Waals surface area contributed by atoms with E-state index in [4.69, 9.17) is 12.2 Å². The van der Waals surface area contributed by atoms with Crippen LogP contribution in [0.4, 0.5) is 0 Å². The van der Waals surface area contributed by atoms with Crippen LogP contribution in [0.25, 0.3) is 0 Å². The van der Waals surface area contributed by atoms with E-state index in [1.54, 1.807) is 0 Å². The number of rotatable bonds is 5. The van der Waals surface area contributed by atoms with Crippen LogP contribution in [0.15, 0.2) is 0 Å². The summed E-state index contributed by atoms with van der Waals surface area (Å²) in [5, 5.41) is 2.97. The average molecular weight is 236 g/mol. The maximum atomic E-state index is 12.3. The van der Waals surface area contributed by atoms with Gasteiger partial charge in [-0.15, -0.1) is 6.42 Å². The third-order valence-electron chi connectivity index (χ3n) is 3.77. The Bertz CT molecular complexity index is 287. The van der Waals surface area contributed by atoms with E-state index in [1.807, 2.05) is 0 Å². The smallest absolute Gasteiger partial charge is 0.228 e. The number of carbonyl (C=O) groups excluding carboxylic acids is 1. The Morgan fingerprint density at radius 2 is 2.12 bits per heavy atom. The molecule has 1 saturated carbocycles. The number of carbonyl (C=O) groups is 1. The molecule has 1 unspecified atom stereocenters. The van der Waals surface area contributed by atoms with Crippen LogP contribution in [-0.4, -0.2) is 18.5 Å². The van der Waals surface area contributed by atoms with Crippen molar-refractivity contribution >= 4 is 5.91 Å². The largest absolute Gasteiger partial charge is 0.342 e. The van der Waals surface area contributed by atoms with E-state index in [9.17, 15) is 4.79 Å². The third kappa shape index (κ3) is 3.47. The highest BCUT2D eigenvalue weighted by atomic mass is 16.2. The maximum Gasteiger partial charge on any atom is 0.228 e. The minimum absolute atomic E-state index is 0.0658. The van der Waals surface area contributed by atoms with E-state index < -0.39 is 0 Å². The second-order valence-corrected chi connectivity index (χ2v) is 5.03. The molecule has 0 aromatic rings. The molecule has 1 aliphatic carbocycles. The standard InChI is InChI=1S/C14H24N2O/c1-3-8-12(4-2)16-13(17)14(11-15)9-6-5-7-10-14/h2,12H,3,5-11,15H2,1H3,(H,16,17). The predicted octanol–water partition coefficient (Wildman–Crippen LogP) is 1.81. The zero-order chi connectivity index (χ0) is 12.7. The van der Waals surface area contributed by atoms with Gasteiger partial charge in [0, 0.05) is 6.54 Å². The van der Waals surface area contributed by atoms with Gasteiger partial charge in [-0.05, 0) is 19.3 Å². The van der Waals surface area contributed by atoms with Gasteiger partial charge in [-0.3, -0.25) is 4.79 Å². The fraction of sp³-hybridized carbons (Fsp3) is 0.786. The molecule has 0 spiro atoms. The highest BCUT2D eigenvalue weighted by molar-refractivity contribution is 5.83. The lowest BCUT2D eigenvalue weighted by atomic mass is 9.73. The van der Waals surface area contributed by atoms with Crippen molar-refractivity contribution in [3.05, 3.63) is 0 Å². The topological polar surface area (TPSA) is 55.1 Å². The average Bonchev–Trinajstić information content (AvgIpc) is 2.38. The van der Waals surface area contributed by atoms with Crippen LogP contribution >= 0.6 is 0 Å². The van der Waals surface area contributed by atoms with Crippen molar-refractivity contribution in [1.29, 1.82) is 0 Å². The number of terminal acetylenes is 1. The fourth-order valence-corrected chi connectivity index (χ4v) is 2.55. The van der Waals surface area contributed by atoms with Crippen LogP contribution in [0.3, 0.4) is 0 Å². The van der Waals surface area contributed by atoms with Crippen molar-refractivity contribution in [1.82, 2.24) is 5.32 Å². The van der Waals surface area contributed by atoms with Gasteiger partial charge in [0.1, 0.15) is 0 Å². The summed E-state index contributed by atoms with van der Waals surface area (Å²) in [6.07, 6.45) is 12.4. The molecule has 1 aliphatic rings. The number of nitrogens with one attached hydrogen (secondary N) is 1. The van der Waals surface area contributed by atoms with E-state index in [0.29, 0.717) is 6.54 Å². The highest BCUT2D eigenvalue weighted by Gasteiger charge is 2.38. The number of amides is 1. The zero-order valence-corrected chi connectivity index (χ0v) is 10.8. The summed E-state index contributed by atoms with van der Waals surface area (Å²) in [7, 11) is 0. The molecule has 1 amide bonds. The SMILES string of the molecule is C#CC(CCC)NC(=O)C1(CN)CCCCC1. The minimum Gasteiger partial charge on any atom is -0.342 e. The lowest BCUT2D eigenvalue weighted by Gasteiger charge is -2.35. The summed E-state index contributed by atoms with van der Waals surface area (Å²) in [4.78, 5) is 12.3. The van der Waals surface area contributed by atoms with Crippen molar-refractivity contribution in [2.45, 2.75) is 57.9 Å². The first-order valence-corrected chi connectivity index (χ1v) is 6.65. The van der Waals surface area contributed by atoms with Gasteiger partial charge in [-0.2, -0.15) is 0 Å². The summed E-state index contributed by atoms with van der Waals surface area (Å²) in [6, 6.07) is -0.141. The number of nitrogens with two attached hydrogens (primary N) is 1. The van der Waals surface area contributed by atoms with Gasteiger partial charge in [0.25, 0.3) is 0 Å². The second-order valence-electron chi connectivity index (χ2n) is 5.03. The van der Waals surface area contributed by atoms with Gasteiger partial charge in [0.15, 0.2) is 0 Å². The lowest BCUT2D eigenvalue weighted by molar-refractivity contribution is -0.132. The quantitative estimate of drug-likeness (QED) is 0.715. The van der Waals surface area contributed by atoms with Crippen LogP contribution < -0.4 is 11.1 Å². The summed E-state index contributed by atoms with van der Waals surface area (Å²) in [5.74, 6) is 2.71. The van der Waals surface area contributed by atoms with Gasteiger partial charge >= 0.3 is 0 Å². The van der Waals surface area contributed by atoms with Crippen LogP contribution in [0.1, 0.15) is 51.9 Å². The maximum absolute atomic E-state index is 12.3. The molecule has 0 heterocycles. The summed E-state index contributed by atoms with van der Waals surface area (Å²) in [5.41, 5.74) is 5.46. The zero-order valence-electron chi connectivity index (χ0n) is 10.8. The molecule has 3 heteroatoms. The highest BCUT2D eigenvalue weighted by Crippen LogP contribution is 2.35. The van der Waals surface area contributed by atoms with E-state index >= 15 is 0 Å². The Kier molecular flexibility index (Phi) is 5.50. The summed E-state index contributed by atoms with van der Waals surface area (Å²) in [6.45, 7) is 2.50. The van der Waals surface area contributed by atoms with Crippen molar-refractivity contribution in [2.24, 2.45) is 11.1 Å². The molecule has 3 N–H and O–H groups in total. The number of hydrogen-bond donors (Lipinski definition) is 2. The lowest BCUT2D eigenvalue weighted by Crippen LogP contribution is -2.49. The molecule has 96 valence electrons. The van der Waals surface area contributed by atoms with Crippen molar-refractivity contribution < 1.29 is 4.79 Å². The molecule has 0 bridgehead atoms. The Labute approximate surface area is 105 Å². The first-order valence-electron chi connectivity index (χ1n) is 6.65. The molecular weight excluding hydrogens is 212 g/mol. The monoisotopic (exact) mass is 236 g/mol. The third-order valence-corrected chi connectivity index (χ3v) is 3.77. The van der Waals surface area contributed by atoms with Crippen molar-refractivity contribution in [3.8, 4) is 12.3 Å². The van der Waals surface area contributed by atoms with Gasteiger partial charge < -0.3 is 11.1 Å². The van der Waals surface area contributed by atoms with Gasteiger partial charge in [-0.25, -0.2) is 0 Å². The predicted molar refractivity (Wildman–Crippen MR) is 70.2 cm³/mol. The summed E-state index contributed by atoms with van der Waals surface area (Å²) < 4.78 is 0. The van der Waals surface area contributed by atoms with Gasteiger partial charge in [0.2, 0.25) is 5.91 Å². The van der Waals surface area contributed by atoms with Crippen molar-refractivity contribution in [3.63, 3.8) is 0 Å². The molecule has 0 radical (unpaired) electrons. The van der Waals surface area contributed by atoms with Crippen LogP contribution in [0.5, 0.6) is 0 Å². The molecule has 1 rings (SSSR count). The van der Waals surface area contributed by atoms with E-state index in [-0.39, 0.29) is 17.4 Å². The van der Waals surface area contributed by atoms with E-state index in [1.165, 1.54) is 6.42 Å². The molecule has 3 nitrogen and oxygen atoms in total. The Balaban J connectivity index is 2.63. The van der Waals surface area contributed by atoms with Gasteiger partial charge in [0.05, 0.1) is 11.5 Å². The van der Waals surface area contributed by atoms with Crippen LogP contribution in [-0.2, 0) is 4.79 Å². The molecular formula is C14H24N2O. The Morgan fingerprint density at radius 3 is 2.59 bits per heavy atom. The van der Waals surface area contributed by atoms with Crippen LogP contribution in [0, 0.1) is 17.8 Å². The molecule has 0 aromatic heterocycles. The first-order chi connectivity index (χ1) is 8.18. The van der Waals surface area contributed by atoms with Gasteiger partial charge in [-0.1, -0.05) is 38.5 Å². The molecule has 0 saturated heterocycles. The van der Waals surface area contributed by atoms with Crippen LogP contribution in [0.2, 0.25) is 0 Å². The normalized spacial score (nSPS) is 20.3. The Morgan fingerprint density at radius 1 is 1.47 bits per heavy atom. The number of hydrogen-bond acceptors (Lipinski definition) is 2. The molecule has 17 heavy (non-hydrogen) atoms. The minimum atomic E-state index is -0.360. The second kappa shape index (κ2) is 6.66. The Hall–Kier alpha value is -1.01. The molecule has 1 fully saturated rings. The molecule has 1 atom stereocenters. The van der Waals surface area contributed by atoms with E-state index in [2.05, 4.69) is 18.2 Å². The summed E-state index contributed by atoms with van der Waals surface area (Å²) >= 11 is 0.